The van der Waals surface area contributed by atoms with Crippen molar-refractivity contribution < 1.29 is 19.4 Å². The van der Waals surface area contributed by atoms with Crippen LogP contribution in [0.4, 0.5) is 0 Å². The van der Waals surface area contributed by atoms with Crippen molar-refractivity contribution in [2.24, 2.45) is 56.0 Å². The first kappa shape index (κ1) is 26.4. The largest absolute Gasteiger partial charge is 0.371 e. The minimum atomic E-state index is -0.497. The number of carbonyl (C=O) groups excluding carboxylic acids is 2. The average Bonchev–Trinajstić information content (AvgIpc) is 2.78. The van der Waals surface area contributed by atoms with E-state index in [1.54, 1.807) is 0 Å². The lowest BCUT2D eigenvalue weighted by Crippen LogP contribution is -2.66. The second kappa shape index (κ2) is 7.91. The molecule has 4 saturated carbocycles. The molecule has 5 aliphatic carbocycles. The highest BCUT2D eigenvalue weighted by Crippen LogP contribution is 2.75. The van der Waals surface area contributed by atoms with Crippen LogP contribution in [0.1, 0.15) is 106 Å². The van der Waals surface area contributed by atoms with Crippen LogP contribution in [0.2, 0.25) is 0 Å². The van der Waals surface area contributed by atoms with E-state index in [0.29, 0.717) is 11.7 Å². The van der Waals surface area contributed by atoms with Crippen LogP contribution < -0.4 is 5.73 Å². The second-order valence-electron chi connectivity index (χ2n) is 15.3. The fourth-order valence-corrected chi connectivity index (χ4v) is 10.8. The van der Waals surface area contributed by atoms with Gasteiger partial charge < -0.3 is 15.6 Å². The Bertz CT molecular complexity index is 1000. The molecule has 5 heteroatoms. The summed E-state index contributed by atoms with van der Waals surface area (Å²) in [6.45, 7) is 16.0. The molecule has 5 rings (SSSR count). The van der Waals surface area contributed by atoms with Crippen LogP contribution >= 0.6 is 0 Å². The van der Waals surface area contributed by atoms with Crippen LogP contribution in [0.15, 0.2) is 11.6 Å². The Morgan fingerprint density at radius 3 is 2.31 bits per heavy atom. The molecule has 202 valence electrons. The lowest BCUT2D eigenvalue weighted by molar-refractivity contribution is -0.218. The summed E-state index contributed by atoms with van der Waals surface area (Å²) >= 11 is 0. The lowest BCUT2D eigenvalue weighted by Gasteiger charge is -2.70. The third-order valence-electron chi connectivity index (χ3n) is 13.4. The molecule has 4 fully saturated rings. The highest BCUT2D eigenvalue weighted by atomic mass is 16.6. The smallest absolute Gasteiger partial charge is 0.223 e. The maximum absolute atomic E-state index is 14.3. The predicted octanol–water partition coefficient (Wildman–Crippen LogP) is 5.79. The van der Waals surface area contributed by atoms with Crippen LogP contribution in [0.3, 0.4) is 0 Å². The van der Waals surface area contributed by atoms with Gasteiger partial charge in [0.05, 0.1) is 6.10 Å². The number of ketones is 1. The van der Waals surface area contributed by atoms with Gasteiger partial charge >= 0.3 is 0 Å². The quantitative estimate of drug-likeness (QED) is 0.481. The molecule has 36 heavy (non-hydrogen) atoms. The first-order valence-electron chi connectivity index (χ1n) is 14.4. The van der Waals surface area contributed by atoms with Gasteiger partial charge in [0.15, 0.2) is 5.78 Å². The van der Waals surface area contributed by atoms with E-state index in [0.717, 1.165) is 57.8 Å². The van der Waals surface area contributed by atoms with Crippen molar-refractivity contribution >= 4 is 11.7 Å². The molecule has 5 nitrogen and oxygen atoms in total. The summed E-state index contributed by atoms with van der Waals surface area (Å²) in [5.41, 5.74) is 6.53. The van der Waals surface area contributed by atoms with E-state index in [2.05, 4.69) is 47.6 Å². The molecule has 5 aliphatic rings. The number of hydrogen-bond donors (Lipinski definition) is 2. The molecule has 0 heterocycles. The van der Waals surface area contributed by atoms with E-state index in [1.165, 1.54) is 5.57 Å². The number of primary amides is 1. The Morgan fingerprint density at radius 1 is 1.00 bits per heavy atom. The van der Waals surface area contributed by atoms with Crippen molar-refractivity contribution in [2.45, 2.75) is 112 Å². The number of amides is 1. The zero-order valence-corrected chi connectivity index (χ0v) is 23.7. The van der Waals surface area contributed by atoms with E-state index < -0.39 is 5.41 Å². The Morgan fingerprint density at radius 2 is 1.67 bits per heavy atom. The molecule has 0 saturated heterocycles. The highest BCUT2D eigenvalue weighted by molar-refractivity contribution is 5.95. The Hall–Kier alpha value is -1.20. The molecule has 0 bridgehead atoms. The van der Waals surface area contributed by atoms with Crippen LogP contribution in [-0.4, -0.2) is 29.7 Å². The summed E-state index contributed by atoms with van der Waals surface area (Å²) in [4.78, 5) is 26.8. The van der Waals surface area contributed by atoms with E-state index in [9.17, 15) is 14.7 Å². The topological polar surface area (TPSA) is 89.6 Å². The lowest BCUT2D eigenvalue weighted by atomic mass is 9.33. The molecular formula is C31H49NO4. The van der Waals surface area contributed by atoms with E-state index >= 15 is 0 Å². The maximum Gasteiger partial charge on any atom is 0.223 e. The van der Waals surface area contributed by atoms with Crippen LogP contribution in [0, 0.1) is 50.2 Å². The first-order chi connectivity index (χ1) is 16.6. The number of allylic oxidation sites excluding steroid dienone is 2. The number of aliphatic hydroxyl groups excluding tert-OH is 1. The van der Waals surface area contributed by atoms with Gasteiger partial charge in [-0.2, -0.15) is 0 Å². The van der Waals surface area contributed by atoms with Gasteiger partial charge in [0.25, 0.3) is 0 Å². The number of nitrogens with two attached hydrogens (primary N) is 1. The third-order valence-corrected chi connectivity index (χ3v) is 13.4. The van der Waals surface area contributed by atoms with Gasteiger partial charge in [-0.25, -0.2) is 0 Å². The van der Waals surface area contributed by atoms with Crippen molar-refractivity contribution in [1.82, 2.24) is 0 Å². The second-order valence-corrected chi connectivity index (χ2v) is 15.3. The summed E-state index contributed by atoms with van der Waals surface area (Å²) in [5.74, 6) is 0.714. The summed E-state index contributed by atoms with van der Waals surface area (Å²) in [6, 6.07) is 0. The van der Waals surface area contributed by atoms with E-state index in [1.807, 2.05) is 6.92 Å². The minimum absolute atomic E-state index is 0.0117. The van der Waals surface area contributed by atoms with Crippen LogP contribution in [-0.2, 0) is 14.3 Å². The Labute approximate surface area is 218 Å². The number of aliphatic hydroxyl groups is 1. The molecule has 3 N–H and O–H groups in total. The summed E-state index contributed by atoms with van der Waals surface area (Å²) < 4.78 is 5.82. The molecule has 0 aromatic carbocycles. The van der Waals surface area contributed by atoms with Gasteiger partial charge in [0, 0.05) is 11.3 Å². The normalized spacial score (nSPS) is 51.8. The zero-order chi connectivity index (χ0) is 26.5. The van der Waals surface area contributed by atoms with Gasteiger partial charge in [0.1, 0.15) is 6.79 Å². The number of fused-ring (bicyclic) bond motifs is 7. The fourth-order valence-electron chi connectivity index (χ4n) is 10.8. The van der Waals surface area contributed by atoms with E-state index in [-0.39, 0.29) is 57.7 Å². The van der Waals surface area contributed by atoms with E-state index in [4.69, 9.17) is 10.5 Å². The number of carbonyl (C=O) groups is 2. The SMILES string of the molecule is CC1(C)C2CC[C@]3(C)[C@H](C(=O)C=C4[C@@H]5C[C@@](C)(C(N)=O)CC[C@]5(C)CC[C@]43C)[C@@]2(C)CC[C@@H]1OCO. The van der Waals surface area contributed by atoms with Crippen molar-refractivity contribution in [2.75, 3.05) is 6.79 Å². The number of rotatable bonds is 3. The molecule has 1 amide bonds. The van der Waals surface area contributed by atoms with Crippen molar-refractivity contribution in [3.63, 3.8) is 0 Å². The molecule has 0 aromatic heterocycles. The Balaban J connectivity index is 1.59. The fraction of sp³-hybridized carbons (Fsp3) is 0.871. The number of ether oxygens (including phenoxy) is 1. The van der Waals surface area contributed by atoms with Gasteiger partial charge in [0.2, 0.25) is 5.91 Å². The highest BCUT2D eigenvalue weighted by Gasteiger charge is 2.70. The van der Waals surface area contributed by atoms with Gasteiger partial charge in [-0.05, 0) is 103 Å². The van der Waals surface area contributed by atoms with Gasteiger partial charge in [-0.3, -0.25) is 9.59 Å². The average molecular weight is 500 g/mol. The van der Waals surface area contributed by atoms with Crippen molar-refractivity contribution in [1.29, 1.82) is 0 Å². The molecule has 1 unspecified atom stereocenters. The predicted molar refractivity (Wildman–Crippen MR) is 141 cm³/mol. The molecule has 9 atom stereocenters. The monoisotopic (exact) mass is 499 g/mol. The molecular weight excluding hydrogens is 450 g/mol. The molecule has 0 spiro atoms. The molecule has 0 radical (unpaired) electrons. The minimum Gasteiger partial charge on any atom is -0.371 e. The Kier molecular flexibility index (Phi) is 5.80. The van der Waals surface area contributed by atoms with Gasteiger partial charge in [-0.1, -0.05) is 54.0 Å². The first-order valence-corrected chi connectivity index (χ1v) is 14.4. The van der Waals surface area contributed by atoms with Crippen LogP contribution in [0.25, 0.3) is 0 Å². The van der Waals surface area contributed by atoms with Gasteiger partial charge in [-0.15, -0.1) is 0 Å². The van der Waals surface area contributed by atoms with Crippen molar-refractivity contribution in [3.05, 3.63) is 11.6 Å². The standard InChI is InChI=1S/C31H49NO4/c1-26(2)22-8-11-31(7)24(29(22,5)10-9-23(26)36-18-33)21(34)16-19-20-17-28(4,25(32)35)13-12-27(20,3)14-15-30(19,31)6/h16,20,22-24,33H,8-15,17-18H2,1-7H3,(H2,32,35)/t20-,22?,23-,24+,27+,28-,29-,30+,31+/m0/s1. The third kappa shape index (κ3) is 3.20. The molecule has 0 aliphatic heterocycles. The molecule has 0 aromatic rings. The van der Waals surface area contributed by atoms with Crippen LogP contribution in [0.5, 0.6) is 0 Å². The maximum atomic E-state index is 14.3. The summed E-state index contributed by atoms with van der Waals surface area (Å²) in [6.07, 6.45) is 10.9. The summed E-state index contributed by atoms with van der Waals surface area (Å²) in [7, 11) is 0. The number of hydrogen-bond acceptors (Lipinski definition) is 4. The zero-order valence-electron chi connectivity index (χ0n) is 23.7. The van der Waals surface area contributed by atoms with Crippen molar-refractivity contribution in [3.8, 4) is 0 Å². The summed E-state index contributed by atoms with van der Waals surface area (Å²) in [5, 5.41) is 9.52.